The summed E-state index contributed by atoms with van der Waals surface area (Å²) in [6, 6.07) is 21.5. The Balaban J connectivity index is 2.46. The molecule has 29 heavy (non-hydrogen) atoms. The first-order valence-corrected chi connectivity index (χ1v) is 10.8. The lowest BCUT2D eigenvalue weighted by molar-refractivity contribution is -0.189. The highest BCUT2D eigenvalue weighted by Gasteiger charge is 2.58. The molecule has 0 radical (unpaired) electrons. The molecule has 3 aromatic rings. The molecule has 0 aliphatic carbocycles. The van der Waals surface area contributed by atoms with Gasteiger partial charge in [-0.3, -0.25) is 4.52 Å². The Morgan fingerprint density at radius 1 is 0.690 bits per heavy atom. The normalized spacial score (nSPS) is 11.9. The molecule has 0 N–H and O–H groups in total. The van der Waals surface area contributed by atoms with Crippen LogP contribution in [0.15, 0.2) is 72.8 Å². The molecule has 0 aromatic heterocycles. The Morgan fingerprint density at radius 3 is 1.28 bits per heavy atom. The van der Waals surface area contributed by atoms with Gasteiger partial charge in [-0.1, -0.05) is 54.6 Å². The van der Waals surface area contributed by atoms with Crippen LogP contribution in [0.25, 0.3) is 0 Å². The zero-order chi connectivity index (χ0) is 21.2. The maximum Gasteiger partial charge on any atom is 0.495 e. The lowest BCUT2D eigenvalue weighted by atomic mass is 10.2. The molecule has 2 nitrogen and oxygen atoms in total. The topological polar surface area (TPSA) is 26.3 Å². The standard InChI is InChI=1S/C23H21F3O2P/c1-16-10-4-7-13-19(16)29(28-22(27)23(24,25)26,20-14-8-5-11-17(20)2)21-15-9-6-12-18(21)3/h4-15H,1-3H3/q+1. The molecule has 0 aliphatic heterocycles. The molecule has 0 spiro atoms. The SMILES string of the molecule is Cc1ccccc1[P+](OC(=O)C(F)(F)F)(c1ccccc1C)c1ccccc1C. The first-order valence-electron chi connectivity index (χ1n) is 9.06. The second-order valence-electron chi connectivity index (χ2n) is 6.85. The van der Waals surface area contributed by atoms with Crippen molar-refractivity contribution < 1.29 is 22.5 Å². The molecule has 150 valence electrons. The Bertz CT molecular complexity index is 933. The van der Waals surface area contributed by atoms with Gasteiger partial charge in [-0.15, -0.1) is 0 Å². The minimum Gasteiger partial charge on any atom is -0.287 e. The lowest BCUT2D eigenvalue weighted by Crippen LogP contribution is -2.40. The van der Waals surface area contributed by atoms with Gasteiger partial charge in [0, 0.05) is 0 Å². The molecule has 0 heterocycles. The van der Waals surface area contributed by atoms with Crippen molar-refractivity contribution in [2.75, 3.05) is 0 Å². The summed E-state index contributed by atoms with van der Waals surface area (Å²) < 4.78 is 45.7. The van der Waals surface area contributed by atoms with Crippen LogP contribution in [0.3, 0.4) is 0 Å². The minimum atomic E-state index is -5.10. The summed E-state index contributed by atoms with van der Waals surface area (Å²) in [6.45, 7) is 5.46. The minimum absolute atomic E-state index is 0.598. The molecule has 0 aliphatic rings. The Labute approximate surface area is 168 Å². The van der Waals surface area contributed by atoms with Crippen LogP contribution in [-0.4, -0.2) is 12.1 Å². The summed E-state index contributed by atoms with van der Waals surface area (Å²) in [5, 5.41) is 1.79. The van der Waals surface area contributed by atoms with E-state index in [-0.39, 0.29) is 0 Å². The van der Waals surface area contributed by atoms with Gasteiger partial charge in [-0.05, 0) is 55.7 Å². The maximum atomic E-state index is 13.4. The third-order valence-corrected chi connectivity index (χ3v) is 8.80. The smallest absolute Gasteiger partial charge is 0.287 e. The number of benzene rings is 3. The number of alkyl halides is 3. The second-order valence-corrected chi connectivity index (χ2v) is 9.69. The van der Waals surface area contributed by atoms with Gasteiger partial charge in [-0.2, -0.15) is 13.2 Å². The Hall–Kier alpha value is -2.65. The van der Waals surface area contributed by atoms with Gasteiger partial charge in [0.2, 0.25) is 0 Å². The van der Waals surface area contributed by atoms with E-state index in [1.807, 2.05) is 57.2 Å². The number of carbonyl (C=O) groups excluding carboxylic acids is 1. The molecule has 0 fully saturated rings. The van der Waals surface area contributed by atoms with E-state index in [1.54, 1.807) is 36.4 Å². The zero-order valence-electron chi connectivity index (χ0n) is 16.3. The van der Waals surface area contributed by atoms with Gasteiger partial charge >= 0.3 is 12.1 Å². The highest BCUT2D eigenvalue weighted by atomic mass is 31.2. The summed E-state index contributed by atoms with van der Waals surface area (Å²) in [6.07, 6.45) is -5.10. The van der Waals surface area contributed by atoms with Gasteiger partial charge in [-0.25, -0.2) is 4.79 Å². The van der Waals surface area contributed by atoms with Crippen molar-refractivity contribution in [3.63, 3.8) is 0 Å². The number of hydrogen-bond acceptors (Lipinski definition) is 2. The van der Waals surface area contributed by atoms with Crippen LogP contribution in [-0.2, 0) is 9.32 Å². The number of hydrogen-bond donors (Lipinski definition) is 0. The van der Waals surface area contributed by atoms with Crippen molar-refractivity contribution >= 4 is 29.4 Å². The third kappa shape index (κ3) is 3.92. The van der Waals surface area contributed by atoms with Crippen LogP contribution >= 0.6 is 7.49 Å². The Kier molecular flexibility index (Phi) is 5.81. The van der Waals surface area contributed by atoms with E-state index in [4.69, 9.17) is 4.52 Å². The number of aryl methyl sites for hydroxylation is 3. The van der Waals surface area contributed by atoms with E-state index >= 15 is 0 Å². The summed E-state index contributed by atoms with van der Waals surface area (Å²) in [4.78, 5) is 12.2. The van der Waals surface area contributed by atoms with Gasteiger partial charge in [0.1, 0.15) is 15.9 Å². The second kappa shape index (κ2) is 8.00. The van der Waals surface area contributed by atoms with E-state index < -0.39 is 19.6 Å². The summed E-state index contributed by atoms with van der Waals surface area (Å²) in [5.41, 5.74) is 2.30. The Morgan fingerprint density at radius 2 is 1.00 bits per heavy atom. The molecule has 3 aromatic carbocycles. The zero-order valence-corrected chi connectivity index (χ0v) is 17.2. The van der Waals surface area contributed by atoms with Crippen LogP contribution in [0, 0.1) is 20.8 Å². The lowest BCUT2D eigenvalue weighted by Gasteiger charge is -2.28. The van der Waals surface area contributed by atoms with Crippen molar-refractivity contribution in [3.8, 4) is 0 Å². The van der Waals surface area contributed by atoms with E-state index in [9.17, 15) is 18.0 Å². The largest absolute Gasteiger partial charge is 0.495 e. The summed E-state index contributed by atoms with van der Waals surface area (Å²) >= 11 is 0. The number of halogens is 3. The first kappa shape index (κ1) is 21.1. The monoisotopic (exact) mass is 417 g/mol. The van der Waals surface area contributed by atoms with Crippen LogP contribution < -0.4 is 15.9 Å². The van der Waals surface area contributed by atoms with Gasteiger partial charge in [0.15, 0.2) is 0 Å². The maximum absolute atomic E-state index is 13.4. The average molecular weight is 417 g/mol. The van der Waals surface area contributed by atoms with E-state index in [0.717, 1.165) is 16.7 Å². The third-order valence-electron chi connectivity index (χ3n) is 4.82. The van der Waals surface area contributed by atoms with Crippen molar-refractivity contribution in [1.29, 1.82) is 0 Å². The fourth-order valence-electron chi connectivity index (χ4n) is 3.46. The van der Waals surface area contributed by atoms with Crippen LogP contribution in [0.2, 0.25) is 0 Å². The van der Waals surface area contributed by atoms with Crippen LogP contribution in [0.1, 0.15) is 16.7 Å². The highest BCUT2D eigenvalue weighted by Crippen LogP contribution is 2.59. The number of rotatable bonds is 4. The summed E-state index contributed by atoms with van der Waals surface area (Å²) in [7, 11) is -3.39. The molecule has 6 heteroatoms. The van der Waals surface area contributed by atoms with Crippen LogP contribution in [0.4, 0.5) is 13.2 Å². The van der Waals surface area contributed by atoms with Crippen molar-refractivity contribution in [2.45, 2.75) is 26.9 Å². The van der Waals surface area contributed by atoms with Crippen molar-refractivity contribution in [2.24, 2.45) is 0 Å². The van der Waals surface area contributed by atoms with E-state index in [0.29, 0.717) is 15.9 Å². The molecule has 0 amide bonds. The molecule has 0 saturated carbocycles. The molecule has 0 saturated heterocycles. The summed E-state index contributed by atoms with van der Waals surface area (Å²) in [5.74, 6) is -2.18. The fraction of sp³-hybridized carbons (Fsp3) is 0.174. The van der Waals surface area contributed by atoms with Gasteiger partial charge in [0.25, 0.3) is 7.49 Å². The molecule has 3 rings (SSSR count). The molecular weight excluding hydrogens is 396 g/mol. The number of carbonyl (C=O) groups is 1. The van der Waals surface area contributed by atoms with Gasteiger partial charge < -0.3 is 0 Å². The average Bonchev–Trinajstić information content (AvgIpc) is 2.67. The van der Waals surface area contributed by atoms with Crippen molar-refractivity contribution in [3.05, 3.63) is 89.5 Å². The molecule has 0 bridgehead atoms. The van der Waals surface area contributed by atoms with E-state index in [1.165, 1.54) is 0 Å². The first-order chi connectivity index (χ1) is 13.7. The van der Waals surface area contributed by atoms with Crippen LogP contribution in [0.5, 0.6) is 0 Å². The predicted octanol–water partition coefficient (Wildman–Crippen LogP) is 4.93. The predicted molar refractivity (Wildman–Crippen MR) is 112 cm³/mol. The molecule has 0 unspecified atom stereocenters. The van der Waals surface area contributed by atoms with E-state index in [2.05, 4.69) is 0 Å². The quantitative estimate of drug-likeness (QED) is 0.563. The molecule has 0 atom stereocenters. The molecular formula is C23H21F3O2P+. The highest BCUT2D eigenvalue weighted by molar-refractivity contribution is 7.92. The van der Waals surface area contributed by atoms with Gasteiger partial charge in [0.05, 0.1) is 0 Å². The fourth-order valence-corrected chi connectivity index (χ4v) is 7.49. The van der Waals surface area contributed by atoms with Crippen molar-refractivity contribution in [1.82, 2.24) is 0 Å².